The summed E-state index contributed by atoms with van der Waals surface area (Å²) in [5.74, 6) is 0. The van der Waals surface area contributed by atoms with E-state index in [4.69, 9.17) is 0 Å². The lowest BCUT2D eigenvalue weighted by molar-refractivity contribution is 0.595. The highest BCUT2D eigenvalue weighted by atomic mass is 32.2. The minimum Gasteiger partial charge on any atom is -0.269 e. The summed E-state index contributed by atoms with van der Waals surface area (Å²) in [7, 11) is -2.01. The Labute approximate surface area is 124 Å². The van der Waals surface area contributed by atoms with Crippen molar-refractivity contribution in [3.8, 4) is 0 Å². The highest BCUT2D eigenvalue weighted by Gasteiger charge is 2.23. The third-order valence-electron chi connectivity index (χ3n) is 3.51. The van der Waals surface area contributed by atoms with Crippen LogP contribution in [-0.2, 0) is 10.0 Å². The fourth-order valence-electron chi connectivity index (χ4n) is 2.34. The number of anilines is 1. The first-order chi connectivity index (χ1) is 10.1. The van der Waals surface area contributed by atoms with Gasteiger partial charge in [0.15, 0.2) is 0 Å². The van der Waals surface area contributed by atoms with E-state index in [2.05, 4.69) is 0 Å². The molecule has 0 spiro atoms. The second-order valence-electron chi connectivity index (χ2n) is 4.79. The molecule has 0 unspecified atom stereocenters. The molecule has 0 amide bonds. The number of fused-ring (bicyclic) bond motifs is 1. The average molecular weight is 297 g/mol. The number of rotatable bonds is 3. The van der Waals surface area contributed by atoms with Crippen LogP contribution in [0.15, 0.2) is 77.7 Å². The lowest BCUT2D eigenvalue weighted by Crippen LogP contribution is -2.26. The summed E-state index contributed by atoms with van der Waals surface area (Å²) in [4.78, 5) is 0.326. The Balaban J connectivity index is 2.17. The molecule has 3 rings (SSSR count). The molecule has 0 radical (unpaired) electrons. The van der Waals surface area contributed by atoms with E-state index >= 15 is 0 Å². The van der Waals surface area contributed by atoms with Gasteiger partial charge in [0, 0.05) is 12.4 Å². The molecule has 4 heteroatoms. The summed E-state index contributed by atoms with van der Waals surface area (Å²) in [5.41, 5.74) is 0.644. The highest BCUT2D eigenvalue weighted by molar-refractivity contribution is 7.93. The van der Waals surface area contributed by atoms with Crippen molar-refractivity contribution in [2.24, 2.45) is 0 Å². The quantitative estimate of drug-likeness (QED) is 0.740. The zero-order chi connectivity index (χ0) is 14.9. The first-order valence-electron chi connectivity index (χ1n) is 6.62. The molecule has 3 aromatic carbocycles. The average Bonchev–Trinajstić information content (AvgIpc) is 2.54. The number of hydrogen-bond acceptors (Lipinski definition) is 2. The van der Waals surface area contributed by atoms with Gasteiger partial charge in [0.2, 0.25) is 0 Å². The predicted molar refractivity (Wildman–Crippen MR) is 86.0 cm³/mol. The number of nitrogens with zero attached hydrogens (tertiary/aromatic N) is 1. The van der Waals surface area contributed by atoms with Crippen molar-refractivity contribution >= 4 is 26.5 Å². The van der Waals surface area contributed by atoms with Gasteiger partial charge in [0.1, 0.15) is 0 Å². The van der Waals surface area contributed by atoms with E-state index < -0.39 is 10.0 Å². The van der Waals surface area contributed by atoms with E-state index in [9.17, 15) is 8.42 Å². The van der Waals surface area contributed by atoms with Gasteiger partial charge in [-0.25, -0.2) is 8.42 Å². The number of para-hydroxylation sites is 1. The fraction of sp³-hybridized carbons (Fsp3) is 0.0588. The summed E-state index contributed by atoms with van der Waals surface area (Å²) in [6.07, 6.45) is 0. The molecular formula is C17H15NO2S. The van der Waals surface area contributed by atoms with Crippen LogP contribution in [0.3, 0.4) is 0 Å². The van der Waals surface area contributed by atoms with E-state index in [1.54, 1.807) is 31.3 Å². The van der Waals surface area contributed by atoms with Crippen LogP contribution < -0.4 is 4.31 Å². The van der Waals surface area contributed by atoms with Gasteiger partial charge in [-0.05, 0) is 23.6 Å². The van der Waals surface area contributed by atoms with E-state index in [1.807, 2.05) is 48.5 Å². The molecule has 0 saturated carbocycles. The van der Waals surface area contributed by atoms with Crippen LogP contribution in [0.1, 0.15) is 0 Å². The van der Waals surface area contributed by atoms with E-state index in [1.165, 1.54) is 4.31 Å². The molecular weight excluding hydrogens is 282 g/mol. The zero-order valence-electron chi connectivity index (χ0n) is 11.6. The Morgan fingerprint density at radius 1 is 0.762 bits per heavy atom. The summed E-state index contributed by atoms with van der Waals surface area (Å²) < 4.78 is 27.1. The van der Waals surface area contributed by atoms with Gasteiger partial charge in [0.05, 0.1) is 10.6 Å². The lowest BCUT2D eigenvalue weighted by atomic mass is 10.1. The van der Waals surface area contributed by atoms with E-state index in [0.29, 0.717) is 10.6 Å². The number of hydrogen-bond donors (Lipinski definition) is 0. The molecule has 0 aromatic heterocycles. The number of sulfonamides is 1. The monoisotopic (exact) mass is 297 g/mol. The number of benzene rings is 3. The van der Waals surface area contributed by atoms with E-state index in [0.717, 1.165) is 10.8 Å². The van der Waals surface area contributed by atoms with Crippen LogP contribution >= 0.6 is 0 Å². The molecule has 0 aliphatic rings. The largest absolute Gasteiger partial charge is 0.269 e. The summed E-state index contributed by atoms with van der Waals surface area (Å²) in [6.45, 7) is 0. The Hall–Kier alpha value is -2.33. The smallest absolute Gasteiger partial charge is 0.264 e. The third-order valence-corrected chi connectivity index (χ3v) is 5.35. The molecule has 0 aliphatic heterocycles. The van der Waals surface area contributed by atoms with Crippen molar-refractivity contribution < 1.29 is 8.42 Å². The Morgan fingerprint density at radius 3 is 2.14 bits per heavy atom. The van der Waals surface area contributed by atoms with Crippen molar-refractivity contribution in [3.63, 3.8) is 0 Å². The summed E-state index contributed by atoms with van der Waals surface area (Å²) in [5, 5.41) is 1.66. The molecule has 3 nitrogen and oxygen atoms in total. The summed E-state index contributed by atoms with van der Waals surface area (Å²) in [6, 6.07) is 21.9. The van der Waals surface area contributed by atoms with Crippen LogP contribution in [0.2, 0.25) is 0 Å². The van der Waals surface area contributed by atoms with E-state index in [-0.39, 0.29) is 0 Å². The van der Waals surface area contributed by atoms with Crippen molar-refractivity contribution in [3.05, 3.63) is 72.8 Å². The SMILES string of the molecule is CN(c1ccccc1)S(=O)(=O)c1cccc2ccccc12. The molecule has 0 fully saturated rings. The van der Waals surface area contributed by atoms with Gasteiger partial charge < -0.3 is 0 Å². The minimum absolute atomic E-state index is 0.326. The van der Waals surface area contributed by atoms with Crippen LogP contribution in [0.4, 0.5) is 5.69 Å². The molecule has 106 valence electrons. The third kappa shape index (κ3) is 2.38. The molecule has 21 heavy (non-hydrogen) atoms. The molecule has 0 heterocycles. The minimum atomic E-state index is -3.59. The van der Waals surface area contributed by atoms with Gasteiger partial charge in [0.25, 0.3) is 10.0 Å². The van der Waals surface area contributed by atoms with Crippen molar-refractivity contribution in [1.82, 2.24) is 0 Å². The topological polar surface area (TPSA) is 37.4 Å². The van der Waals surface area contributed by atoms with Gasteiger partial charge >= 0.3 is 0 Å². The van der Waals surface area contributed by atoms with Gasteiger partial charge in [-0.1, -0.05) is 54.6 Å². The standard InChI is InChI=1S/C17H15NO2S/c1-18(15-10-3-2-4-11-15)21(19,20)17-13-7-9-14-8-5-6-12-16(14)17/h2-13H,1H3. The Bertz CT molecular complexity index is 868. The van der Waals surface area contributed by atoms with Crippen LogP contribution in [0.25, 0.3) is 10.8 Å². The maximum absolute atomic E-state index is 12.9. The zero-order valence-corrected chi connectivity index (χ0v) is 12.4. The Kier molecular flexibility index (Phi) is 3.39. The van der Waals surface area contributed by atoms with Crippen molar-refractivity contribution in [1.29, 1.82) is 0 Å². The van der Waals surface area contributed by atoms with Crippen LogP contribution in [0.5, 0.6) is 0 Å². The van der Waals surface area contributed by atoms with Crippen molar-refractivity contribution in [2.75, 3.05) is 11.4 Å². The normalized spacial score (nSPS) is 11.5. The second-order valence-corrected chi connectivity index (χ2v) is 6.72. The predicted octanol–water partition coefficient (Wildman–Crippen LogP) is 3.66. The molecule has 0 N–H and O–H groups in total. The fourth-order valence-corrected chi connectivity index (χ4v) is 3.75. The maximum Gasteiger partial charge on any atom is 0.264 e. The second kappa shape index (κ2) is 5.22. The summed E-state index contributed by atoms with van der Waals surface area (Å²) >= 11 is 0. The van der Waals surface area contributed by atoms with Gasteiger partial charge in [-0.2, -0.15) is 0 Å². The van der Waals surface area contributed by atoms with Crippen LogP contribution in [0, 0.1) is 0 Å². The van der Waals surface area contributed by atoms with Crippen LogP contribution in [-0.4, -0.2) is 15.5 Å². The van der Waals surface area contributed by atoms with Gasteiger partial charge in [-0.15, -0.1) is 0 Å². The molecule has 0 atom stereocenters. The Morgan fingerprint density at radius 2 is 1.38 bits per heavy atom. The lowest BCUT2D eigenvalue weighted by Gasteiger charge is -2.20. The maximum atomic E-state index is 12.9. The molecule has 0 bridgehead atoms. The molecule has 0 saturated heterocycles. The van der Waals surface area contributed by atoms with Crippen molar-refractivity contribution in [2.45, 2.75) is 4.90 Å². The van der Waals surface area contributed by atoms with Gasteiger partial charge in [-0.3, -0.25) is 4.31 Å². The molecule has 3 aromatic rings. The molecule has 0 aliphatic carbocycles. The highest BCUT2D eigenvalue weighted by Crippen LogP contribution is 2.27. The first kappa shape index (κ1) is 13.6. The first-order valence-corrected chi connectivity index (χ1v) is 8.06.